The second-order valence-electron chi connectivity index (χ2n) is 5.48. The van der Waals surface area contributed by atoms with Crippen molar-refractivity contribution in [3.8, 4) is 11.3 Å². The van der Waals surface area contributed by atoms with Gasteiger partial charge in [0.2, 0.25) is 0 Å². The number of nitrogens with one attached hydrogen (secondary N) is 1. The molecule has 0 aliphatic rings. The van der Waals surface area contributed by atoms with Crippen molar-refractivity contribution in [2.24, 2.45) is 0 Å². The molecule has 0 fully saturated rings. The number of carbonyl (C=O) groups excluding carboxylic acids is 1. The fourth-order valence-electron chi connectivity index (χ4n) is 2.37. The van der Waals surface area contributed by atoms with E-state index in [1.165, 1.54) is 11.3 Å². The summed E-state index contributed by atoms with van der Waals surface area (Å²) in [7, 11) is 0. The van der Waals surface area contributed by atoms with Crippen molar-refractivity contribution in [1.82, 2.24) is 10.3 Å². The van der Waals surface area contributed by atoms with E-state index in [0.29, 0.717) is 5.56 Å². The summed E-state index contributed by atoms with van der Waals surface area (Å²) in [6.45, 7) is 1.86. The van der Waals surface area contributed by atoms with E-state index in [1.807, 2.05) is 48.7 Å². The summed E-state index contributed by atoms with van der Waals surface area (Å²) in [5.41, 5.74) is 2.51. The molecule has 2 atom stereocenters. The van der Waals surface area contributed by atoms with Gasteiger partial charge in [-0.1, -0.05) is 60.7 Å². The quantitative estimate of drug-likeness (QED) is 0.745. The minimum atomic E-state index is -1.18. The Morgan fingerprint density at radius 3 is 2.38 bits per heavy atom. The number of aliphatic hydroxyl groups is 1. The maximum Gasteiger partial charge on any atom is 0.254 e. The van der Waals surface area contributed by atoms with Gasteiger partial charge in [-0.15, -0.1) is 11.3 Å². The van der Waals surface area contributed by atoms with Gasteiger partial charge in [0.15, 0.2) is 6.10 Å². The van der Waals surface area contributed by atoms with Gasteiger partial charge >= 0.3 is 0 Å². The topological polar surface area (TPSA) is 62.2 Å². The van der Waals surface area contributed by atoms with Gasteiger partial charge in [0, 0.05) is 10.9 Å². The van der Waals surface area contributed by atoms with Gasteiger partial charge in [-0.25, -0.2) is 4.98 Å². The molecule has 1 aromatic heterocycles. The van der Waals surface area contributed by atoms with Gasteiger partial charge in [0.05, 0.1) is 11.7 Å². The third-order valence-corrected chi connectivity index (χ3v) is 4.71. The van der Waals surface area contributed by atoms with Crippen molar-refractivity contribution in [3.05, 3.63) is 76.6 Å². The number of benzene rings is 2. The molecule has 24 heavy (non-hydrogen) atoms. The lowest BCUT2D eigenvalue weighted by molar-refractivity contribution is -0.130. The highest BCUT2D eigenvalue weighted by Gasteiger charge is 2.21. The third kappa shape index (κ3) is 3.69. The molecule has 0 bridgehead atoms. The zero-order chi connectivity index (χ0) is 16.9. The number of rotatable bonds is 5. The van der Waals surface area contributed by atoms with Crippen LogP contribution < -0.4 is 5.32 Å². The highest BCUT2D eigenvalue weighted by Crippen LogP contribution is 2.25. The van der Waals surface area contributed by atoms with E-state index < -0.39 is 12.0 Å². The number of carbonyl (C=O) groups is 1. The summed E-state index contributed by atoms with van der Waals surface area (Å²) >= 11 is 1.49. The monoisotopic (exact) mass is 338 g/mol. The lowest BCUT2D eigenvalue weighted by atomic mass is 10.1. The van der Waals surface area contributed by atoms with Gasteiger partial charge in [0.25, 0.3) is 5.91 Å². The van der Waals surface area contributed by atoms with E-state index in [2.05, 4.69) is 10.3 Å². The smallest absolute Gasteiger partial charge is 0.254 e. The van der Waals surface area contributed by atoms with Gasteiger partial charge in [0.1, 0.15) is 5.01 Å². The Labute approximate surface area is 144 Å². The molecule has 0 aliphatic heterocycles. The molecular weight excluding hydrogens is 320 g/mol. The second kappa shape index (κ2) is 7.38. The molecule has 0 aliphatic carbocycles. The normalized spacial score (nSPS) is 13.2. The van der Waals surface area contributed by atoms with E-state index >= 15 is 0 Å². The first-order valence-electron chi connectivity index (χ1n) is 7.69. The second-order valence-corrected chi connectivity index (χ2v) is 6.37. The number of amides is 1. The van der Waals surface area contributed by atoms with Crippen LogP contribution in [-0.2, 0) is 4.79 Å². The fraction of sp³-hybridized carbons (Fsp3) is 0.158. The van der Waals surface area contributed by atoms with E-state index in [0.717, 1.165) is 16.3 Å². The van der Waals surface area contributed by atoms with Crippen molar-refractivity contribution >= 4 is 17.2 Å². The SMILES string of the molecule is CC(NC(=O)C(O)c1ccccc1)c1nc(-c2ccccc2)cs1. The molecule has 0 saturated carbocycles. The van der Waals surface area contributed by atoms with E-state index in [9.17, 15) is 9.90 Å². The molecular formula is C19H18N2O2S. The van der Waals surface area contributed by atoms with Crippen molar-refractivity contribution < 1.29 is 9.90 Å². The van der Waals surface area contributed by atoms with Gasteiger partial charge < -0.3 is 10.4 Å². The molecule has 0 saturated heterocycles. The summed E-state index contributed by atoms with van der Waals surface area (Å²) in [5, 5.41) is 15.7. The first kappa shape index (κ1) is 16.4. The van der Waals surface area contributed by atoms with Crippen LogP contribution in [0.4, 0.5) is 0 Å². The minimum absolute atomic E-state index is 0.265. The van der Waals surface area contributed by atoms with Crippen LogP contribution in [-0.4, -0.2) is 16.0 Å². The Balaban J connectivity index is 1.68. The highest BCUT2D eigenvalue weighted by atomic mass is 32.1. The maximum absolute atomic E-state index is 12.2. The Bertz CT molecular complexity index is 803. The molecule has 2 N–H and O–H groups in total. The van der Waals surface area contributed by atoms with Gasteiger partial charge in [-0.2, -0.15) is 0 Å². The summed E-state index contributed by atoms with van der Waals surface area (Å²) in [4.78, 5) is 16.8. The van der Waals surface area contributed by atoms with Gasteiger partial charge in [-0.3, -0.25) is 4.79 Å². The van der Waals surface area contributed by atoms with Crippen LogP contribution in [0.2, 0.25) is 0 Å². The third-order valence-electron chi connectivity index (χ3n) is 3.68. The standard InChI is InChI=1S/C19H18N2O2S/c1-13(20-18(23)17(22)15-10-6-3-7-11-15)19-21-16(12-24-19)14-8-4-2-5-9-14/h2-13,17,22H,1H3,(H,20,23). The molecule has 4 nitrogen and oxygen atoms in total. The largest absolute Gasteiger partial charge is 0.378 e. The zero-order valence-corrected chi connectivity index (χ0v) is 14.0. The summed E-state index contributed by atoms with van der Waals surface area (Å²) in [5.74, 6) is -0.426. The molecule has 5 heteroatoms. The minimum Gasteiger partial charge on any atom is -0.378 e. The lowest BCUT2D eigenvalue weighted by Crippen LogP contribution is -2.31. The number of thiazole rings is 1. The summed E-state index contributed by atoms with van der Waals surface area (Å²) < 4.78 is 0. The molecule has 1 amide bonds. The lowest BCUT2D eigenvalue weighted by Gasteiger charge is -2.15. The van der Waals surface area contributed by atoms with Crippen molar-refractivity contribution in [1.29, 1.82) is 0 Å². The fourth-order valence-corrected chi connectivity index (χ4v) is 3.20. The molecule has 2 unspecified atom stereocenters. The Morgan fingerprint density at radius 2 is 1.71 bits per heavy atom. The first-order chi connectivity index (χ1) is 11.6. The van der Waals surface area contributed by atoms with Crippen LogP contribution in [0.5, 0.6) is 0 Å². The maximum atomic E-state index is 12.2. The summed E-state index contributed by atoms with van der Waals surface area (Å²) in [6.07, 6.45) is -1.18. The number of hydrogen-bond donors (Lipinski definition) is 2. The highest BCUT2D eigenvalue weighted by molar-refractivity contribution is 7.10. The Morgan fingerprint density at radius 1 is 1.08 bits per heavy atom. The average molecular weight is 338 g/mol. The molecule has 2 aromatic carbocycles. The first-order valence-corrected chi connectivity index (χ1v) is 8.57. The van der Waals surface area contributed by atoms with Crippen LogP contribution in [0.1, 0.15) is 29.6 Å². The summed E-state index contributed by atoms with van der Waals surface area (Å²) in [6, 6.07) is 18.5. The van der Waals surface area contributed by atoms with E-state index in [-0.39, 0.29) is 6.04 Å². The van der Waals surface area contributed by atoms with Crippen LogP contribution >= 0.6 is 11.3 Å². The van der Waals surface area contributed by atoms with Crippen LogP contribution in [0, 0.1) is 0 Å². The predicted octanol–water partition coefficient (Wildman–Crippen LogP) is 3.72. The van der Waals surface area contributed by atoms with Crippen LogP contribution in [0.15, 0.2) is 66.0 Å². The van der Waals surface area contributed by atoms with Crippen molar-refractivity contribution in [2.45, 2.75) is 19.1 Å². The van der Waals surface area contributed by atoms with Crippen molar-refractivity contribution in [3.63, 3.8) is 0 Å². The molecule has 122 valence electrons. The van der Waals surface area contributed by atoms with Crippen LogP contribution in [0.3, 0.4) is 0 Å². The zero-order valence-electron chi connectivity index (χ0n) is 13.2. The molecule has 0 radical (unpaired) electrons. The number of hydrogen-bond acceptors (Lipinski definition) is 4. The Hall–Kier alpha value is -2.50. The Kier molecular flexibility index (Phi) is 5.03. The van der Waals surface area contributed by atoms with E-state index in [4.69, 9.17) is 0 Å². The van der Waals surface area contributed by atoms with Gasteiger partial charge in [-0.05, 0) is 12.5 Å². The molecule has 0 spiro atoms. The number of nitrogens with zero attached hydrogens (tertiary/aromatic N) is 1. The number of aromatic nitrogens is 1. The van der Waals surface area contributed by atoms with Crippen molar-refractivity contribution in [2.75, 3.05) is 0 Å². The number of aliphatic hydroxyl groups excluding tert-OH is 1. The molecule has 1 heterocycles. The molecule has 3 rings (SSSR count). The van der Waals surface area contributed by atoms with Crippen LogP contribution in [0.25, 0.3) is 11.3 Å². The average Bonchev–Trinajstić information content (AvgIpc) is 3.13. The molecule has 3 aromatic rings. The predicted molar refractivity (Wildman–Crippen MR) is 95.5 cm³/mol. The van der Waals surface area contributed by atoms with E-state index in [1.54, 1.807) is 24.3 Å².